The van der Waals surface area contributed by atoms with Gasteiger partial charge in [-0.2, -0.15) is 11.8 Å². The van der Waals surface area contributed by atoms with Crippen molar-refractivity contribution in [3.05, 3.63) is 29.5 Å². The van der Waals surface area contributed by atoms with Gasteiger partial charge in [0.1, 0.15) is 5.75 Å². The minimum absolute atomic E-state index is 0.0445. The van der Waals surface area contributed by atoms with Gasteiger partial charge in [0.2, 0.25) is 0 Å². The molecule has 0 radical (unpaired) electrons. The van der Waals surface area contributed by atoms with E-state index in [4.69, 9.17) is 0 Å². The number of fused-ring (bicyclic) bond motifs is 1. The number of phenolic OH excluding ortho intramolecular Hbond substituents is 1. The number of hydrogen-bond acceptors (Lipinski definition) is 4. The third kappa shape index (κ3) is 1.44. The summed E-state index contributed by atoms with van der Waals surface area (Å²) in [5, 5.41) is 15.5. The van der Waals surface area contributed by atoms with Crippen molar-refractivity contribution in [1.29, 1.82) is 0 Å². The number of amides is 1. The molecule has 0 unspecified atom stereocenters. The van der Waals surface area contributed by atoms with Gasteiger partial charge in [0.05, 0.1) is 11.4 Å². The molecule has 0 fully saturated rings. The number of carbonyl (C=O) groups is 1. The molecule has 2 heterocycles. The van der Waals surface area contributed by atoms with Crippen LogP contribution in [0.15, 0.2) is 29.5 Å². The van der Waals surface area contributed by atoms with Gasteiger partial charge in [-0.1, -0.05) is 0 Å². The Kier molecular flexibility index (Phi) is 2.07. The molecular formula is C11H10N2O2S. The Morgan fingerprint density at radius 1 is 1.19 bits per heavy atom. The zero-order valence-electron chi connectivity index (χ0n) is 8.41. The van der Waals surface area contributed by atoms with Crippen LogP contribution in [0.4, 0.5) is 11.4 Å². The number of thioether (sulfide) groups is 1. The second-order valence-corrected chi connectivity index (χ2v) is 4.74. The number of phenols is 1. The maximum Gasteiger partial charge on any atom is 0.254 e. The zero-order valence-corrected chi connectivity index (χ0v) is 9.23. The smallest absolute Gasteiger partial charge is 0.254 e. The van der Waals surface area contributed by atoms with E-state index in [1.807, 2.05) is 0 Å². The van der Waals surface area contributed by atoms with E-state index in [9.17, 15) is 9.90 Å². The second-order valence-electron chi connectivity index (χ2n) is 3.76. The summed E-state index contributed by atoms with van der Waals surface area (Å²) < 4.78 is 0. The predicted octanol–water partition coefficient (Wildman–Crippen LogP) is 1.76. The molecule has 0 saturated carbocycles. The molecule has 2 aliphatic heterocycles. The van der Waals surface area contributed by atoms with Crippen LogP contribution in [0.1, 0.15) is 0 Å². The molecule has 82 valence electrons. The maximum absolute atomic E-state index is 11.9. The number of nitrogens with one attached hydrogen (secondary N) is 2. The topological polar surface area (TPSA) is 61.4 Å². The van der Waals surface area contributed by atoms with Gasteiger partial charge < -0.3 is 15.7 Å². The Labute approximate surface area is 96.7 Å². The average molecular weight is 234 g/mol. The molecule has 1 amide bonds. The van der Waals surface area contributed by atoms with E-state index in [-0.39, 0.29) is 11.7 Å². The van der Waals surface area contributed by atoms with Crippen LogP contribution in [-0.4, -0.2) is 22.5 Å². The lowest BCUT2D eigenvalue weighted by Gasteiger charge is -2.09. The standard InChI is InChI=1S/C11H10N2O2S/c14-6-1-2-8-9(3-6)12-10-5-16-4-7(10)11(15)13-8/h1-3,12,14H,4-5H2,(H,13,15). The predicted molar refractivity (Wildman–Crippen MR) is 64.7 cm³/mol. The van der Waals surface area contributed by atoms with Crippen LogP contribution >= 0.6 is 11.8 Å². The van der Waals surface area contributed by atoms with Gasteiger partial charge in [-0.25, -0.2) is 0 Å². The van der Waals surface area contributed by atoms with Crippen LogP contribution in [0.5, 0.6) is 5.75 Å². The largest absolute Gasteiger partial charge is 0.508 e. The number of hydrogen-bond donors (Lipinski definition) is 3. The Morgan fingerprint density at radius 2 is 2.06 bits per heavy atom. The van der Waals surface area contributed by atoms with Gasteiger partial charge in [0, 0.05) is 28.8 Å². The fourth-order valence-corrected chi connectivity index (χ4v) is 2.91. The van der Waals surface area contributed by atoms with E-state index >= 15 is 0 Å². The number of anilines is 2. The Morgan fingerprint density at radius 3 is 2.94 bits per heavy atom. The van der Waals surface area contributed by atoms with Crippen LogP contribution in [0.25, 0.3) is 0 Å². The number of aromatic hydroxyl groups is 1. The first kappa shape index (κ1) is 9.59. The van der Waals surface area contributed by atoms with Gasteiger partial charge in [-0.05, 0) is 12.1 Å². The molecule has 0 atom stereocenters. The molecule has 4 nitrogen and oxygen atoms in total. The fourth-order valence-electron chi connectivity index (χ4n) is 1.85. The van der Waals surface area contributed by atoms with Crippen molar-refractivity contribution < 1.29 is 9.90 Å². The van der Waals surface area contributed by atoms with Gasteiger partial charge in [-0.3, -0.25) is 4.79 Å². The van der Waals surface area contributed by atoms with Crippen molar-refractivity contribution in [2.75, 3.05) is 22.1 Å². The molecule has 3 rings (SSSR count). The number of benzene rings is 1. The fraction of sp³-hybridized carbons (Fsp3) is 0.182. The van der Waals surface area contributed by atoms with Gasteiger partial charge in [0.15, 0.2) is 0 Å². The minimum Gasteiger partial charge on any atom is -0.508 e. The highest BCUT2D eigenvalue weighted by Crippen LogP contribution is 2.35. The Balaban J connectivity index is 2.09. The van der Waals surface area contributed by atoms with Crippen LogP contribution < -0.4 is 10.6 Å². The highest BCUT2D eigenvalue weighted by atomic mass is 32.2. The first-order valence-electron chi connectivity index (χ1n) is 4.95. The summed E-state index contributed by atoms with van der Waals surface area (Å²) >= 11 is 1.71. The van der Waals surface area contributed by atoms with Crippen LogP contribution in [0.3, 0.4) is 0 Å². The SMILES string of the molecule is O=C1Nc2ccc(O)cc2NC2=C1CSC2. The zero-order chi connectivity index (χ0) is 11.1. The summed E-state index contributed by atoms with van der Waals surface area (Å²) in [4.78, 5) is 11.9. The molecular weight excluding hydrogens is 224 g/mol. The molecule has 0 bridgehead atoms. The highest BCUT2D eigenvalue weighted by molar-refractivity contribution is 8.00. The van der Waals surface area contributed by atoms with Crippen molar-refractivity contribution in [3.8, 4) is 5.75 Å². The summed E-state index contributed by atoms with van der Waals surface area (Å²) in [6, 6.07) is 4.88. The van der Waals surface area contributed by atoms with Crippen molar-refractivity contribution in [2.45, 2.75) is 0 Å². The monoisotopic (exact) mass is 234 g/mol. The van der Waals surface area contributed by atoms with E-state index in [1.54, 1.807) is 30.0 Å². The molecule has 0 aliphatic carbocycles. The second kappa shape index (κ2) is 3.45. The minimum atomic E-state index is -0.0445. The summed E-state index contributed by atoms with van der Waals surface area (Å²) in [6.07, 6.45) is 0. The lowest BCUT2D eigenvalue weighted by Crippen LogP contribution is -2.14. The molecule has 0 aromatic heterocycles. The molecule has 1 aromatic rings. The third-order valence-corrected chi connectivity index (χ3v) is 3.65. The van der Waals surface area contributed by atoms with Gasteiger partial charge in [-0.15, -0.1) is 0 Å². The third-order valence-electron chi connectivity index (χ3n) is 2.67. The first-order chi connectivity index (χ1) is 7.74. The Bertz CT molecular complexity index is 511. The summed E-state index contributed by atoms with van der Waals surface area (Å²) in [7, 11) is 0. The van der Waals surface area contributed by atoms with E-state index in [0.717, 1.165) is 28.5 Å². The number of rotatable bonds is 0. The quantitative estimate of drug-likeness (QED) is 0.599. The summed E-state index contributed by atoms with van der Waals surface area (Å²) in [6.45, 7) is 0. The van der Waals surface area contributed by atoms with Crippen molar-refractivity contribution in [3.63, 3.8) is 0 Å². The molecule has 5 heteroatoms. The molecule has 3 N–H and O–H groups in total. The Hall–Kier alpha value is -1.62. The van der Waals surface area contributed by atoms with Crippen molar-refractivity contribution in [1.82, 2.24) is 0 Å². The van der Waals surface area contributed by atoms with Gasteiger partial charge in [0.25, 0.3) is 5.91 Å². The molecule has 16 heavy (non-hydrogen) atoms. The van der Waals surface area contributed by atoms with Crippen LogP contribution in [0.2, 0.25) is 0 Å². The summed E-state index contributed by atoms with van der Waals surface area (Å²) in [5.41, 5.74) is 3.22. The van der Waals surface area contributed by atoms with E-state index in [2.05, 4.69) is 10.6 Å². The van der Waals surface area contributed by atoms with E-state index in [1.165, 1.54) is 0 Å². The van der Waals surface area contributed by atoms with Crippen molar-refractivity contribution in [2.24, 2.45) is 0 Å². The van der Waals surface area contributed by atoms with E-state index < -0.39 is 0 Å². The van der Waals surface area contributed by atoms with Gasteiger partial charge >= 0.3 is 0 Å². The maximum atomic E-state index is 11.9. The van der Waals surface area contributed by atoms with Crippen LogP contribution in [0, 0.1) is 0 Å². The van der Waals surface area contributed by atoms with Crippen molar-refractivity contribution >= 4 is 29.0 Å². The molecule has 0 saturated heterocycles. The molecule has 2 aliphatic rings. The summed E-state index contributed by atoms with van der Waals surface area (Å²) in [5.74, 6) is 1.71. The molecule has 1 aromatic carbocycles. The normalized spacial score (nSPS) is 18.4. The lowest BCUT2D eigenvalue weighted by molar-refractivity contribution is -0.112. The highest BCUT2D eigenvalue weighted by Gasteiger charge is 2.25. The van der Waals surface area contributed by atoms with E-state index in [0.29, 0.717) is 5.69 Å². The molecule has 0 spiro atoms. The number of carbonyl (C=O) groups excluding carboxylic acids is 1. The first-order valence-corrected chi connectivity index (χ1v) is 6.10. The lowest BCUT2D eigenvalue weighted by atomic mass is 10.2. The average Bonchev–Trinajstić information content (AvgIpc) is 2.65. The van der Waals surface area contributed by atoms with Crippen LogP contribution in [-0.2, 0) is 4.79 Å².